The highest BCUT2D eigenvalue weighted by Gasteiger charge is 2.41. The molecule has 1 unspecified atom stereocenters. The number of carbonyl (C=O) groups is 1. The quantitative estimate of drug-likeness (QED) is 0.779. The molecule has 2 heteroatoms. The van der Waals surface area contributed by atoms with Crippen molar-refractivity contribution in [2.45, 2.75) is 51.4 Å². The van der Waals surface area contributed by atoms with Gasteiger partial charge in [0, 0.05) is 19.6 Å². The molecular weight excluding hydrogens is 248 g/mol. The Morgan fingerprint density at radius 2 is 1.90 bits per heavy atom. The molecule has 20 heavy (non-hydrogen) atoms. The molecule has 0 saturated carbocycles. The van der Waals surface area contributed by atoms with E-state index >= 15 is 0 Å². The molecule has 0 aliphatic carbocycles. The molecule has 0 aromatic heterocycles. The Hall–Kier alpha value is -1.15. The normalized spacial score (nSPS) is 19.5. The summed E-state index contributed by atoms with van der Waals surface area (Å²) in [6, 6.07) is 10.3. The summed E-state index contributed by atoms with van der Waals surface area (Å²) < 4.78 is 5.50. The molecule has 1 aliphatic heterocycles. The van der Waals surface area contributed by atoms with Gasteiger partial charge in [0.25, 0.3) is 0 Å². The summed E-state index contributed by atoms with van der Waals surface area (Å²) in [5.41, 5.74) is 0.874. The molecule has 1 aromatic rings. The lowest BCUT2D eigenvalue weighted by molar-refractivity contribution is -0.129. The summed E-state index contributed by atoms with van der Waals surface area (Å²) in [6.07, 6.45) is 4.63. The topological polar surface area (TPSA) is 26.3 Å². The highest BCUT2D eigenvalue weighted by molar-refractivity contribution is 5.90. The van der Waals surface area contributed by atoms with Crippen molar-refractivity contribution in [3.05, 3.63) is 35.9 Å². The van der Waals surface area contributed by atoms with Gasteiger partial charge in [-0.3, -0.25) is 4.79 Å². The second-order valence-corrected chi connectivity index (χ2v) is 6.08. The smallest absolute Gasteiger partial charge is 0.143 e. The van der Waals surface area contributed by atoms with Gasteiger partial charge in [0.05, 0.1) is 5.41 Å². The number of hydrogen-bond donors (Lipinski definition) is 0. The first-order chi connectivity index (χ1) is 9.69. The largest absolute Gasteiger partial charge is 0.381 e. The number of rotatable bonds is 6. The number of ketones is 1. The van der Waals surface area contributed by atoms with Crippen molar-refractivity contribution in [2.24, 2.45) is 5.92 Å². The van der Waals surface area contributed by atoms with E-state index < -0.39 is 0 Å². The van der Waals surface area contributed by atoms with E-state index in [1.807, 2.05) is 18.2 Å². The van der Waals surface area contributed by atoms with E-state index in [9.17, 15) is 4.79 Å². The van der Waals surface area contributed by atoms with Crippen LogP contribution < -0.4 is 0 Å². The van der Waals surface area contributed by atoms with Gasteiger partial charge in [-0.05, 0) is 24.3 Å². The summed E-state index contributed by atoms with van der Waals surface area (Å²) in [7, 11) is 0. The van der Waals surface area contributed by atoms with Crippen LogP contribution in [0, 0.1) is 5.92 Å². The first-order valence-corrected chi connectivity index (χ1v) is 7.85. The third-order valence-corrected chi connectivity index (χ3v) is 4.52. The molecule has 1 heterocycles. The molecule has 0 radical (unpaired) electrons. The molecule has 110 valence electrons. The van der Waals surface area contributed by atoms with Crippen molar-refractivity contribution >= 4 is 5.78 Å². The fraction of sp³-hybridized carbons (Fsp3) is 0.611. The average molecular weight is 274 g/mol. The number of benzene rings is 1. The van der Waals surface area contributed by atoms with Crippen LogP contribution in [0.3, 0.4) is 0 Å². The third-order valence-electron chi connectivity index (χ3n) is 4.52. The van der Waals surface area contributed by atoms with Crippen LogP contribution in [0.2, 0.25) is 0 Å². The van der Waals surface area contributed by atoms with Gasteiger partial charge in [-0.25, -0.2) is 0 Å². The van der Waals surface area contributed by atoms with Gasteiger partial charge in [0.1, 0.15) is 5.78 Å². The number of hydrogen-bond acceptors (Lipinski definition) is 2. The molecule has 1 aliphatic rings. The second-order valence-electron chi connectivity index (χ2n) is 6.08. The van der Waals surface area contributed by atoms with Gasteiger partial charge in [0.15, 0.2) is 0 Å². The highest BCUT2D eigenvalue weighted by Crippen LogP contribution is 2.37. The van der Waals surface area contributed by atoms with Gasteiger partial charge in [-0.15, -0.1) is 0 Å². The SMILES string of the molecule is CCCC(C)CC(=O)C1(c2ccccc2)CCOCC1. The van der Waals surface area contributed by atoms with Crippen molar-refractivity contribution in [3.8, 4) is 0 Å². The summed E-state index contributed by atoms with van der Waals surface area (Å²) in [6.45, 7) is 5.77. The zero-order chi connectivity index (χ0) is 14.4. The molecule has 1 saturated heterocycles. The van der Waals surface area contributed by atoms with Crippen LogP contribution in [0.15, 0.2) is 30.3 Å². The molecule has 2 nitrogen and oxygen atoms in total. The molecule has 0 N–H and O–H groups in total. The summed E-state index contributed by atoms with van der Waals surface area (Å²) in [5, 5.41) is 0. The van der Waals surface area contributed by atoms with Crippen molar-refractivity contribution in [1.29, 1.82) is 0 Å². The van der Waals surface area contributed by atoms with Gasteiger partial charge in [-0.1, -0.05) is 57.0 Å². The van der Waals surface area contributed by atoms with E-state index in [-0.39, 0.29) is 5.41 Å². The molecule has 2 rings (SSSR count). The molecule has 0 amide bonds. The minimum absolute atomic E-state index is 0.304. The lowest BCUT2D eigenvalue weighted by atomic mass is 9.69. The molecule has 1 aromatic carbocycles. The van der Waals surface area contributed by atoms with Gasteiger partial charge in [0.2, 0.25) is 0 Å². The van der Waals surface area contributed by atoms with E-state index in [2.05, 4.69) is 26.0 Å². The average Bonchev–Trinajstić information content (AvgIpc) is 2.49. The Kier molecular flexibility index (Phi) is 5.36. The first kappa shape index (κ1) is 15.2. The maximum Gasteiger partial charge on any atom is 0.143 e. The summed E-state index contributed by atoms with van der Waals surface area (Å²) >= 11 is 0. The van der Waals surface area contributed by atoms with Crippen LogP contribution in [0.4, 0.5) is 0 Å². The predicted molar refractivity (Wildman–Crippen MR) is 81.9 cm³/mol. The van der Waals surface area contributed by atoms with Crippen LogP contribution in [-0.2, 0) is 14.9 Å². The zero-order valence-electron chi connectivity index (χ0n) is 12.7. The van der Waals surface area contributed by atoms with Crippen molar-refractivity contribution in [3.63, 3.8) is 0 Å². The molecule has 0 bridgehead atoms. The minimum Gasteiger partial charge on any atom is -0.381 e. The molecule has 1 atom stereocenters. The number of Topliss-reactive ketones (excluding diaryl/α,β-unsaturated/α-hetero) is 1. The predicted octanol–water partition coefficient (Wildman–Crippen LogP) is 4.13. The number of ether oxygens (including phenoxy) is 1. The van der Waals surface area contributed by atoms with Gasteiger partial charge in [-0.2, -0.15) is 0 Å². The van der Waals surface area contributed by atoms with E-state index in [1.165, 1.54) is 5.56 Å². The van der Waals surface area contributed by atoms with Gasteiger partial charge < -0.3 is 4.74 Å². The lowest BCUT2D eigenvalue weighted by Crippen LogP contribution is -2.42. The zero-order valence-corrected chi connectivity index (χ0v) is 12.7. The maximum absolute atomic E-state index is 13.0. The van der Waals surface area contributed by atoms with Crippen LogP contribution >= 0.6 is 0 Å². The monoisotopic (exact) mass is 274 g/mol. The van der Waals surface area contributed by atoms with E-state index in [4.69, 9.17) is 4.74 Å². The Balaban J connectivity index is 2.21. The van der Waals surface area contributed by atoms with E-state index in [0.717, 1.165) is 25.7 Å². The van der Waals surface area contributed by atoms with E-state index in [0.29, 0.717) is 31.3 Å². The maximum atomic E-state index is 13.0. The highest BCUT2D eigenvalue weighted by atomic mass is 16.5. The van der Waals surface area contributed by atoms with E-state index in [1.54, 1.807) is 0 Å². The second kappa shape index (κ2) is 7.03. The van der Waals surface area contributed by atoms with Crippen molar-refractivity contribution in [2.75, 3.05) is 13.2 Å². The van der Waals surface area contributed by atoms with Crippen molar-refractivity contribution in [1.82, 2.24) is 0 Å². The molecular formula is C18H26O2. The summed E-state index contributed by atoms with van der Waals surface area (Å²) in [4.78, 5) is 13.0. The van der Waals surface area contributed by atoms with Crippen LogP contribution in [0.25, 0.3) is 0 Å². The fourth-order valence-corrected chi connectivity index (χ4v) is 3.31. The summed E-state index contributed by atoms with van der Waals surface area (Å²) in [5.74, 6) is 0.892. The van der Waals surface area contributed by atoms with Crippen LogP contribution in [0.1, 0.15) is 51.5 Å². The third kappa shape index (κ3) is 3.29. The van der Waals surface area contributed by atoms with Crippen molar-refractivity contribution < 1.29 is 9.53 Å². The Bertz CT molecular complexity index is 418. The Morgan fingerprint density at radius 3 is 2.50 bits per heavy atom. The van der Waals surface area contributed by atoms with Crippen LogP contribution in [-0.4, -0.2) is 19.0 Å². The number of carbonyl (C=O) groups excluding carboxylic acids is 1. The molecule has 0 spiro atoms. The Morgan fingerprint density at radius 1 is 1.25 bits per heavy atom. The standard InChI is InChI=1S/C18H26O2/c1-3-7-15(2)14-17(19)18(10-12-20-13-11-18)16-8-5-4-6-9-16/h4-6,8-9,15H,3,7,10-14H2,1-2H3. The first-order valence-electron chi connectivity index (χ1n) is 7.85. The van der Waals surface area contributed by atoms with Crippen LogP contribution in [0.5, 0.6) is 0 Å². The molecule has 1 fully saturated rings. The lowest BCUT2D eigenvalue weighted by Gasteiger charge is -2.37. The fourth-order valence-electron chi connectivity index (χ4n) is 3.31. The van der Waals surface area contributed by atoms with Gasteiger partial charge >= 0.3 is 0 Å². The minimum atomic E-state index is -0.304. The Labute approximate surface area is 122 Å².